The number of nitrogens with zero attached hydrogens (tertiary/aromatic N) is 1. The average molecular weight is 206 g/mol. The van der Waals surface area contributed by atoms with Gasteiger partial charge in [0.2, 0.25) is 0 Å². The molecule has 1 unspecified atom stereocenters. The molecule has 2 N–H and O–H groups in total. The molecule has 4 nitrogen and oxygen atoms in total. The maximum atomic E-state index is 11.1. The number of hydrogen-bond acceptors (Lipinski definition) is 3. The van der Waals surface area contributed by atoms with Crippen molar-refractivity contribution in [3.63, 3.8) is 0 Å². The van der Waals surface area contributed by atoms with Gasteiger partial charge in [0.25, 0.3) is 5.91 Å². The minimum atomic E-state index is -0.469. The number of pyridine rings is 1. The summed E-state index contributed by atoms with van der Waals surface area (Å²) in [5.74, 6) is -0.469. The topological polar surface area (TPSA) is 65.2 Å². The molecule has 1 fully saturated rings. The van der Waals surface area contributed by atoms with E-state index in [2.05, 4.69) is 4.98 Å². The first kappa shape index (κ1) is 10.1. The van der Waals surface area contributed by atoms with Crippen molar-refractivity contribution in [2.24, 2.45) is 5.73 Å². The zero-order chi connectivity index (χ0) is 10.7. The summed E-state index contributed by atoms with van der Waals surface area (Å²) in [4.78, 5) is 15.1. The van der Waals surface area contributed by atoms with Gasteiger partial charge in [-0.2, -0.15) is 0 Å². The number of carbonyl (C=O) groups is 1. The van der Waals surface area contributed by atoms with E-state index in [4.69, 9.17) is 10.5 Å². The molecule has 15 heavy (non-hydrogen) atoms. The van der Waals surface area contributed by atoms with Crippen LogP contribution >= 0.6 is 0 Å². The third-order valence-corrected chi connectivity index (χ3v) is 2.60. The summed E-state index contributed by atoms with van der Waals surface area (Å²) < 4.78 is 5.51. The van der Waals surface area contributed by atoms with Crippen LogP contribution in [0.4, 0.5) is 0 Å². The Labute approximate surface area is 88.4 Å². The molecule has 0 aliphatic carbocycles. The molecule has 1 atom stereocenters. The van der Waals surface area contributed by atoms with Gasteiger partial charge >= 0.3 is 0 Å². The van der Waals surface area contributed by atoms with E-state index in [0.29, 0.717) is 5.69 Å². The lowest BCUT2D eigenvalue weighted by atomic mass is 10.0. The molecule has 2 heterocycles. The van der Waals surface area contributed by atoms with E-state index in [9.17, 15) is 4.79 Å². The lowest BCUT2D eigenvalue weighted by Gasteiger charge is -2.10. The Morgan fingerprint density at radius 3 is 3.20 bits per heavy atom. The molecule has 1 aliphatic rings. The van der Waals surface area contributed by atoms with Crippen LogP contribution in [-0.2, 0) is 11.2 Å². The summed E-state index contributed by atoms with van der Waals surface area (Å²) in [7, 11) is 0. The average Bonchev–Trinajstić information content (AvgIpc) is 2.71. The highest BCUT2D eigenvalue weighted by atomic mass is 16.5. The molecule has 1 aromatic rings. The molecule has 4 heteroatoms. The second-order valence-corrected chi connectivity index (χ2v) is 3.71. The smallest absolute Gasteiger partial charge is 0.267 e. The summed E-state index contributed by atoms with van der Waals surface area (Å²) in [5, 5.41) is 0. The first-order valence-corrected chi connectivity index (χ1v) is 5.12. The monoisotopic (exact) mass is 206 g/mol. The van der Waals surface area contributed by atoms with Crippen LogP contribution in [0.15, 0.2) is 18.3 Å². The van der Waals surface area contributed by atoms with Crippen molar-refractivity contribution in [3.05, 3.63) is 29.6 Å². The van der Waals surface area contributed by atoms with Crippen molar-refractivity contribution in [2.45, 2.75) is 25.4 Å². The van der Waals surface area contributed by atoms with E-state index in [1.54, 1.807) is 6.20 Å². The molecule has 0 aromatic carbocycles. The van der Waals surface area contributed by atoms with Crippen LogP contribution in [0.25, 0.3) is 0 Å². The molecule has 0 radical (unpaired) electrons. The van der Waals surface area contributed by atoms with Gasteiger partial charge < -0.3 is 10.5 Å². The summed E-state index contributed by atoms with van der Waals surface area (Å²) >= 11 is 0. The molecule has 1 aromatic heterocycles. The zero-order valence-corrected chi connectivity index (χ0v) is 8.48. The molecule has 80 valence electrons. The van der Waals surface area contributed by atoms with Gasteiger partial charge in [-0.25, -0.2) is 0 Å². The fourth-order valence-corrected chi connectivity index (χ4v) is 1.88. The number of ether oxygens (including phenoxy) is 1. The highest BCUT2D eigenvalue weighted by Gasteiger charge is 2.19. The number of primary amides is 1. The Bertz CT molecular complexity index is 359. The van der Waals surface area contributed by atoms with Gasteiger partial charge in [0.1, 0.15) is 5.69 Å². The highest BCUT2D eigenvalue weighted by Crippen LogP contribution is 2.18. The van der Waals surface area contributed by atoms with Crippen LogP contribution in [0.3, 0.4) is 0 Å². The van der Waals surface area contributed by atoms with E-state index in [-0.39, 0.29) is 6.10 Å². The van der Waals surface area contributed by atoms with Gasteiger partial charge in [0.05, 0.1) is 6.10 Å². The van der Waals surface area contributed by atoms with E-state index in [0.717, 1.165) is 31.4 Å². The number of rotatable bonds is 3. The Kier molecular flexibility index (Phi) is 2.97. The standard InChI is InChI=1S/C11H14N2O2/c12-11(14)10-8(3-1-5-13-10)7-9-4-2-6-15-9/h1,3,5,9H,2,4,6-7H2,(H2,12,14). The van der Waals surface area contributed by atoms with Crippen LogP contribution in [0, 0.1) is 0 Å². The Hall–Kier alpha value is -1.42. The second kappa shape index (κ2) is 4.40. The lowest BCUT2D eigenvalue weighted by molar-refractivity contribution is 0.0988. The van der Waals surface area contributed by atoms with Crippen molar-refractivity contribution in [1.82, 2.24) is 4.98 Å². The largest absolute Gasteiger partial charge is 0.378 e. The van der Waals surface area contributed by atoms with Gasteiger partial charge in [-0.1, -0.05) is 6.07 Å². The first-order chi connectivity index (χ1) is 7.27. The van der Waals surface area contributed by atoms with Gasteiger partial charge in [0.15, 0.2) is 0 Å². The third kappa shape index (κ3) is 2.33. The Morgan fingerprint density at radius 1 is 1.67 bits per heavy atom. The van der Waals surface area contributed by atoms with Crippen LogP contribution in [0.1, 0.15) is 28.9 Å². The predicted molar refractivity (Wildman–Crippen MR) is 55.4 cm³/mol. The van der Waals surface area contributed by atoms with Crippen molar-refractivity contribution in [2.75, 3.05) is 6.61 Å². The van der Waals surface area contributed by atoms with Crippen LogP contribution in [0.5, 0.6) is 0 Å². The summed E-state index contributed by atoms with van der Waals surface area (Å²) in [5.41, 5.74) is 6.50. The van der Waals surface area contributed by atoms with E-state index in [1.807, 2.05) is 12.1 Å². The third-order valence-electron chi connectivity index (χ3n) is 2.60. The lowest BCUT2D eigenvalue weighted by Crippen LogP contribution is -2.18. The SMILES string of the molecule is NC(=O)c1ncccc1CC1CCCO1. The van der Waals surface area contributed by atoms with Crippen molar-refractivity contribution in [1.29, 1.82) is 0 Å². The Balaban J connectivity index is 2.15. The number of aromatic nitrogens is 1. The number of carbonyl (C=O) groups excluding carboxylic acids is 1. The molecular formula is C11H14N2O2. The Morgan fingerprint density at radius 2 is 2.53 bits per heavy atom. The maximum Gasteiger partial charge on any atom is 0.267 e. The molecule has 1 saturated heterocycles. The zero-order valence-electron chi connectivity index (χ0n) is 8.48. The predicted octanol–water partition coefficient (Wildman–Crippen LogP) is 0.902. The number of hydrogen-bond donors (Lipinski definition) is 1. The molecule has 0 spiro atoms. The molecule has 1 amide bonds. The molecule has 0 bridgehead atoms. The summed E-state index contributed by atoms with van der Waals surface area (Å²) in [6.45, 7) is 0.816. The summed E-state index contributed by atoms with van der Waals surface area (Å²) in [6.07, 6.45) is 4.67. The second-order valence-electron chi connectivity index (χ2n) is 3.71. The quantitative estimate of drug-likeness (QED) is 0.799. The van der Waals surface area contributed by atoms with Gasteiger partial charge in [0, 0.05) is 19.2 Å². The van der Waals surface area contributed by atoms with E-state index < -0.39 is 5.91 Å². The van der Waals surface area contributed by atoms with E-state index in [1.165, 1.54) is 0 Å². The van der Waals surface area contributed by atoms with Crippen LogP contribution in [0.2, 0.25) is 0 Å². The molecule has 2 rings (SSSR count). The fraction of sp³-hybridized carbons (Fsp3) is 0.455. The summed E-state index contributed by atoms with van der Waals surface area (Å²) in [6, 6.07) is 3.70. The normalized spacial score (nSPS) is 20.4. The highest BCUT2D eigenvalue weighted by molar-refractivity contribution is 5.92. The van der Waals surface area contributed by atoms with Crippen LogP contribution in [-0.4, -0.2) is 23.6 Å². The minimum Gasteiger partial charge on any atom is -0.378 e. The first-order valence-electron chi connectivity index (χ1n) is 5.12. The van der Waals surface area contributed by atoms with Crippen molar-refractivity contribution in [3.8, 4) is 0 Å². The molecular weight excluding hydrogens is 192 g/mol. The molecule has 1 aliphatic heterocycles. The van der Waals surface area contributed by atoms with Crippen molar-refractivity contribution >= 4 is 5.91 Å². The number of amides is 1. The van der Waals surface area contributed by atoms with E-state index >= 15 is 0 Å². The minimum absolute atomic E-state index is 0.215. The fourth-order valence-electron chi connectivity index (χ4n) is 1.88. The van der Waals surface area contributed by atoms with Gasteiger partial charge in [-0.3, -0.25) is 9.78 Å². The van der Waals surface area contributed by atoms with Gasteiger partial charge in [-0.05, 0) is 24.5 Å². The van der Waals surface area contributed by atoms with Crippen LogP contribution < -0.4 is 5.73 Å². The van der Waals surface area contributed by atoms with Gasteiger partial charge in [-0.15, -0.1) is 0 Å². The van der Waals surface area contributed by atoms with Crippen molar-refractivity contribution < 1.29 is 9.53 Å². The molecule has 0 saturated carbocycles. The number of nitrogens with two attached hydrogens (primary N) is 1. The maximum absolute atomic E-state index is 11.1.